The van der Waals surface area contributed by atoms with E-state index in [0.717, 1.165) is 11.1 Å². The van der Waals surface area contributed by atoms with Gasteiger partial charge in [-0.05, 0) is 24.6 Å². The van der Waals surface area contributed by atoms with Crippen molar-refractivity contribution >= 4 is 17.1 Å². The van der Waals surface area contributed by atoms with E-state index in [4.69, 9.17) is 4.42 Å². The van der Waals surface area contributed by atoms with Gasteiger partial charge in [-0.15, -0.1) is 0 Å². The Balaban J connectivity index is 2.67. The Morgan fingerprint density at radius 2 is 2.25 bits per heavy atom. The van der Waals surface area contributed by atoms with Crippen molar-refractivity contribution in [1.29, 1.82) is 0 Å². The Kier molecular flexibility index (Phi) is 1.50. The van der Waals surface area contributed by atoms with Crippen LogP contribution in [0.4, 0.5) is 6.01 Å². The normalized spacial score (nSPS) is 10.5. The molecule has 0 unspecified atom stereocenters. The minimum absolute atomic E-state index is 0.565. The number of fused-ring (bicyclic) bond motifs is 1. The third-order valence-electron chi connectivity index (χ3n) is 1.76. The summed E-state index contributed by atoms with van der Waals surface area (Å²) < 4.78 is 5.35. The van der Waals surface area contributed by atoms with Gasteiger partial charge in [-0.25, -0.2) is 0 Å². The van der Waals surface area contributed by atoms with Crippen molar-refractivity contribution in [2.45, 2.75) is 6.92 Å². The zero-order valence-corrected chi connectivity index (χ0v) is 7.09. The van der Waals surface area contributed by atoms with Crippen LogP contribution in [0.5, 0.6) is 0 Å². The van der Waals surface area contributed by atoms with Gasteiger partial charge in [0.25, 0.3) is 6.01 Å². The van der Waals surface area contributed by atoms with Crippen molar-refractivity contribution in [3.8, 4) is 0 Å². The van der Waals surface area contributed by atoms with Crippen LogP contribution in [-0.2, 0) is 0 Å². The van der Waals surface area contributed by atoms with E-state index in [1.165, 1.54) is 5.56 Å². The first-order valence-electron chi connectivity index (χ1n) is 3.84. The maximum Gasteiger partial charge on any atom is 0.295 e. The van der Waals surface area contributed by atoms with Crippen LogP contribution in [0.2, 0.25) is 0 Å². The lowest BCUT2D eigenvalue weighted by molar-refractivity contribution is 0.620. The van der Waals surface area contributed by atoms with E-state index in [9.17, 15) is 0 Å². The largest absolute Gasteiger partial charge is 0.424 e. The molecule has 0 aliphatic rings. The zero-order valence-electron chi connectivity index (χ0n) is 7.09. The van der Waals surface area contributed by atoms with Gasteiger partial charge in [0, 0.05) is 7.05 Å². The molecule has 12 heavy (non-hydrogen) atoms. The summed E-state index contributed by atoms with van der Waals surface area (Å²) in [5.74, 6) is 0. The molecule has 62 valence electrons. The van der Waals surface area contributed by atoms with Crippen LogP contribution < -0.4 is 5.32 Å². The van der Waals surface area contributed by atoms with Crippen molar-refractivity contribution in [2.75, 3.05) is 12.4 Å². The molecule has 0 saturated heterocycles. The highest BCUT2D eigenvalue weighted by atomic mass is 16.4. The molecule has 0 radical (unpaired) electrons. The minimum atomic E-state index is 0.565. The highest BCUT2D eigenvalue weighted by molar-refractivity contribution is 5.75. The van der Waals surface area contributed by atoms with Crippen LogP contribution in [0.1, 0.15) is 5.56 Å². The van der Waals surface area contributed by atoms with E-state index in [0.29, 0.717) is 6.01 Å². The number of anilines is 1. The number of rotatable bonds is 1. The summed E-state index contributed by atoms with van der Waals surface area (Å²) in [5.41, 5.74) is 2.92. The first-order valence-corrected chi connectivity index (χ1v) is 3.84. The second-order valence-corrected chi connectivity index (χ2v) is 2.74. The Bertz CT molecular complexity index is 406. The van der Waals surface area contributed by atoms with Gasteiger partial charge in [0.05, 0.1) is 0 Å². The van der Waals surface area contributed by atoms with Gasteiger partial charge >= 0.3 is 0 Å². The summed E-state index contributed by atoms with van der Waals surface area (Å²) in [7, 11) is 1.79. The quantitative estimate of drug-likeness (QED) is 0.698. The first-order chi connectivity index (χ1) is 5.79. The number of nitrogens with zero attached hydrogens (tertiary/aromatic N) is 1. The summed E-state index contributed by atoms with van der Waals surface area (Å²) in [4.78, 5) is 4.21. The van der Waals surface area contributed by atoms with Crippen LogP contribution in [-0.4, -0.2) is 12.0 Å². The second kappa shape index (κ2) is 2.52. The maximum atomic E-state index is 5.35. The smallest absolute Gasteiger partial charge is 0.295 e. The molecule has 1 aromatic heterocycles. The number of oxazole rings is 1. The van der Waals surface area contributed by atoms with Crippen molar-refractivity contribution in [3.63, 3.8) is 0 Å². The molecule has 1 heterocycles. The van der Waals surface area contributed by atoms with Gasteiger partial charge in [-0.2, -0.15) is 4.98 Å². The SMILES string of the molecule is CNc1nc2cc(C)ccc2o1. The standard InChI is InChI=1S/C9H10N2O/c1-6-3-4-8-7(5-6)11-9(10-2)12-8/h3-5H,1-2H3,(H,10,11). The monoisotopic (exact) mass is 162 g/mol. The molecule has 0 amide bonds. The molecule has 0 fully saturated rings. The molecule has 3 heteroatoms. The maximum absolute atomic E-state index is 5.35. The Labute approximate surface area is 70.4 Å². The van der Waals surface area contributed by atoms with Gasteiger partial charge in [-0.3, -0.25) is 0 Å². The van der Waals surface area contributed by atoms with Crippen LogP contribution >= 0.6 is 0 Å². The first kappa shape index (κ1) is 7.16. The summed E-state index contributed by atoms with van der Waals surface area (Å²) in [6.45, 7) is 2.03. The number of aromatic nitrogens is 1. The topological polar surface area (TPSA) is 38.1 Å². The van der Waals surface area contributed by atoms with E-state index in [1.807, 2.05) is 25.1 Å². The van der Waals surface area contributed by atoms with Gasteiger partial charge < -0.3 is 9.73 Å². The number of benzene rings is 1. The number of nitrogens with one attached hydrogen (secondary N) is 1. The highest BCUT2D eigenvalue weighted by Crippen LogP contribution is 2.18. The number of aryl methyl sites for hydroxylation is 1. The Morgan fingerprint density at radius 1 is 1.42 bits per heavy atom. The number of hydrogen-bond acceptors (Lipinski definition) is 3. The van der Waals surface area contributed by atoms with Crippen LogP contribution in [0.3, 0.4) is 0 Å². The third-order valence-corrected chi connectivity index (χ3v) is 1.76. The Morgan fingerprint density at radius 3 is 3.00 bits per heavy atom. The fourth-order valence-electron chi connectivity index (χ4n) is 1.14. The summed E-state index contributed by atoms with van der Waals surface area (Å²) in [5, 5.41) is 2.86. The van der Waals surface area contributed by atoms with E-state index >= 15 is 0 Å². The predicted octanol–water partition coefficient (Wildman–Crippen LogP) is 2.18. The van der Waals surface area contributed by atoms with Crippen LogP contribution in [0, 0.1) is 6.92 Å². The van der Waals surface area contributed by atoms with E-state index in [-0.39, 0.29) is 0 Å². The van der Waals surface area contributed by atoms with Crippen LogP contribution in [0.25, 0.3) is 11.1 Å². The molecule has 3 nitrogen and oxygen atoms in total. The van der Waals surface area contributed by atoms with E-state index in [2.05, 4.69) is 10.3 Å². The van der Waals surface area contributed by atoms with Crippen molar-refractivity contribution < 1.29 is 4.42 Å². The van der Waals surface area contributed by atoms with Gasteiger partial charge in [0.2, 0.25) is 0 Å². The highest BCUT2D eigenvalue weighted by Gasteiger charge is 2.02. The molecule has 2 aromatic rings. The molecule has 0 atom stereocenters. The molecule has 0 aliphatic heterocycles. The summed E-state index contributed by atoms with van der Waals surface area (Å²) in [6, 6.07) is 6.50. The van der Waals surface area contributed by atoms with E-state index in [1.54, 1.807) is 7.05 Å². The molecule has 0 aliphatic carbocycles. The lowest BCUT2D eigenvalue weighted by Crippen LogP contribution is -1.85. The average molecular weight is 162 g/mol. The molecule has 0 saturated carbocycles. The predicted molar refractivity (Wildman–Crippen MR) is 48.3 cm³/mol. The summed E-state index contributed by atoms with van der Waals surface area (Å²) in [6.07, 6.45) is 0. The number of hydrogen-bond donors (Lipinski definition) is 1. The molecule has 0 spiro atoms. The molecular weight excluding hydrogens is 152 g/mol. The Hall–Kier alpha value is -1.51. The molecule has 2 rings (SSSR count). The van der Waals surface area contributed by atoms with Crippen molar-refractivity contribution in [1.82, 2.24) is 4.98 Å². The van der Waals surface area contributed by atoms with Crippen molar-refractivity contribution in [3.05, 3.63) is 23.8 Å². The second-order valence-electron chi connectivity index (χ2n) is 2.74. The molecule has 0 bridgehead atoms. The molecule has 1 N–H and O–H groups in total. The average Bonchev–Trinajstić information content (AvgIpc) is 2.46. The van der Waals surface area contributed by atoms with Gasteiger partial charge in [0.1, 0.15) is 5.52 Å². The van der Waals surface area contributed by atoms with Crippen molar-refractivity contribution in [2.24, 2.45) is 0 Å². The van der Waals surface area contributed by atoms with E-state index < -0.39 is 0 Å². The fraction of sp³-hybridized carbons (Fsp3) is 0.222. The van der Waals surface area contributed by atoms with Gasteiger partial charge in [-0.1, -0.05) is 6.07 Å². The third kappa shape index (κ3) is 1.03. The summed E-state index contributed by atoms with van der Waals surface area (Å²) >= 11 is 0. The lowest BCUT2D eigenvalue weighted by atomic mass is 10.2. The zero-order chi connectivity index (χ0) is 8.55. The van der Waals surface area contributed by atoms with Crippen LogP contribution in [0.15, 0.2) is 22.6 Å². The molecule has 1 aromatic carbocycles. The molecular formula is C9H10N2O. The van der Waals surface area contributed by atoms with Gasteiger partial charge in [0.15, 0.2) is 5.58 Å². The lowest BCUT2D eigenvalue weighted by Gasteiger charge is -1.87. The minimum Gasteiger partial charge on any atom is -0.424 e. The fourth-order valence-corrected chi connectivity index (χ4v) is 1.14.